The van der Waals surface area contributed by atoms with Gasteiger partial charge in [-0.2, -0.15) is 4.98 Å². The van der Waals surface area contributed by atoms with Crippen molar-refractivity contribution in [2.75, 3.05) is 0 Å². The van der Waals surface area contributed by atoms with Gasteiger partial charge in [0.05, 0.1) is 0 Å². The zero-order valence-corrected chi connectivity index (χ0v) is 25.3. The summed E-state index contributed by atoms with van der Waals surface area (Å²) in [5, 5.41) is 4.99. The van der Waals surface area contributed by atoms with Gasteiger partial charge in [-0.3, -0.25) is 0 Å². The molecule has 0 radical (unpaired) electrons. The van der Waals surface area contributed by atoms with Crippen molar-refractivity contribution in [3.63, 3.8) is 0 Å². The predicted octanol–water partition coefficient (Wildman–Crippen LogP) is 11.8. The molecule has 0 saturated carbocycles. The van der Waals surface area contributed by atoms with Crippen LogP contribution in [0.3, 0.4) is 0 Å². The SMILES string of the molecule is c1ccc(-c2nc3ncc(-c4ccc5c6c(cccc46)-c4c-5c(-c5ccccc5)c5ccccc5c4-c4ccccc4)cc3o2)cc1. The fourth-order valence-corrected chi connectivity index (χ4v) is 7.53. The maximum atomic E-state index is 6.24. The molecule has 3 nitrogen and oxygen atoms in total. The number of pyridine rings is 1. The van der Waals surface area contributed by atoms with Gasteiger partial charge in [-0.1, -0.05) is 133 Å². The Morgan fingerprint density at radius 2 is 0.936 bits per heavy atom. The molecule has 47 heavy (non-hydrogen) atoms. The van der Waals surface area contributed by atoms with Gasteiger partial charge in [0.1, 0.15) is 0 Å². The maximum Gasteiger partial charge on any atom is 0.228 e. The number of hydrogen-bond donors (Lipinski definition) is 0. The molecule has 9 aromatic rings. The van der Waals surface area contributed by atoms with Crippen molar-refractivity contribution < 1.29 is 4.42 Å². The van der Waals surface area contributed by atoms with Crippen molar-refractivity contribution >= 4 is 32.8 Å². The highest BCUT2D eigenvalue weighted by Crippen LogP contribution is 2.58. The van der Waals surface area contributed by atoms with Crippen molar-refractivity contribution in [1.82, 2.24) is 9.97 Å². The van der Waals surface area contributed by atoms with Crippen LogP contribution in [0.2, 0.25) is 0 Å². The number of aromatic nitrogens is 2. The van der Waals surface area contributed by atoms with E-state index in [-0.39, 0.29) is 0 Å². The first-order chi connectivity index (χ1) is 23.3. The van der Waals surface area contributed by atoms with E-state index in [9.17, 15) is 0 Å². The topological polar surface area (TPSA) is 38.9 Å². The third-order valence-electron chi connectivity index (χ3n) is 9.50. The van der Waals surface area contributed by atoms with Crippen LogP contribution in [-0.2, 0) is 0 Å². The second-order valence-electron chi connectivity index (χ2n) is 12.1. The molecule has 7 aromatic carbocycles. The highest BCUT2D eigenvalue weighted by atomic mass is 16.3. The van der Waals surface area contributed by atoms with Crippen molar-refractivity contribution in [1.29, 1.82) is 0 Å². The van der Waals surface area contributed by atoms with Gasteiger partial charge < -0.3 is 4.42 Å². The summed E-state index contributed by atoms with van der Waals surface area (Å²) in [6.07, 6.45) is 1.92. The number of hydrogen-bond acceptors (Lipinski definition) is 3. The van der Waals surface area contributed by atoms with Gasteiger partial charge >= 0.3 is 0 Å². The molecule has 0 fully saturated rings. The standard InChI is InChI=1S/C44H26N2O/c1-4-13-27(14-5-1)38-33-19-10-11-20-34(33)39(28-15-6-2-7-16-28)42-36-24-23-31(32-21-12-22-35(40(32)36)41(38)42)30-25-37-43(45-26-30)46-44(47-37)29-17-8-3-9-18-29/h1-26H. The van der Waals surface area contributed by atoms with Crippen molar-refractivity contribution in [3.8, 4) is 67.1 Å². The van der Waals surface area contributed by atoms with Crippen LogP contribution in [0.1, 0.15) is 0 Å². The second-order valence-corrected chi connectivity index (χ2v) is 12.1. The Morgan fingerprint density at radius 1 is 0.404 bits per heavy atom. The summed E-state index contributed by atoms with van der Waals surface area (Å²) in [6, 6.07) is 53.9. The maximum absolute atomic E-state index is 6.24. The molecule has 0 N–H and O–H groups in total. The number of oxazole rings is 1. The quantitative estimate of drug-likeness (QED) is 0.202. The predicted molar refractivity (Wildman–Crippen MR) is 193 cm³/mol. The summed E-state index contributed by atoms with van der Waals surface area (Å²) in [5.41, 5.74) is 14.5. The van der Waals surface area contributed by atoms with E-state index >= 15 is 0 Å². The summed E-state index contributed by atoms with van der Waals surface area (Å²) in [6.45, 7) is 0. The monoisotopic (exact) mass is 598 g/mol. The minimum absolute atomic E-state index is 0.579. The number of benzene rings is 7. The van der Waals surface area contributed by atoms with E-state index in [1.165, 1.54) is 66.1 Å². The third-order valence-corrected chi connectivity index (χ3v) is 9.50. The third kappa shape index (κ3) is 3.87. The number of rotatable bonds is 4. The highest BCUT2D eigenvalue weighted by Gasteiger charge is 2.31. The van der Waals surface area contributed by atoms with E-state index < -0.39 is 0 Å². The van der Waals surface area contributed by atoms with Gasteiger partial charge in [0, 0.05) is 17.3 Å². The van der Waals surface area contributed by atoms with Crippen molar-refractivity contribution in [2.24, 2.45) is 0 Å². The lowest BCUT2D eigenvalue weighted by Crippen LogP contribution is -1.93. The molecule has 0 bridgehead atoms. The van der Waals surface area contributed by atoms with E-state index in [1.807, 2.05) is 36.5 Å². The van der Waals surface area contributed by atoms with E-state index in [0.717, 1.165) is 16.7 Å². The molecule has 0 saturated heterocycles. The Labute approximate surface area is 271 Å². The first kappa shape index (κ1) is 26.0. The fourth-order valence-electron chi connectivity index (χ4n) is 7.53. The minimum atomic E-state index is 0.579. The molecular formula is C44H26N2O. The molecule has 0 aliphatic heterocycles. The van der Waals surface area contributed by atoms with Crippen molar-refractivity contribution in [2.45, 2.75) is 0 Å². The van der Waals surface area contributed by atoms with Crippen molar-refractivity contribution in [3.05, 3.63) is 158 Å². The lowest BCUT2D eigenvalue weighted by Gasteiger charge is -2.20. The molecule has 1 aliphatic carbocycles. The number of nitrogens with zero attached hydrogens (tertiary/aromatic N) is 2. The number of fused-ring (bicyclic) bond motifs is 5. The van der Waals surface area contributed by atoms with Crippen LogP contribution >= 0.6 is 0 Å². The Balaban J connectivity index is 1.26. The first-order valence-electron chi connectivity index (χ1n) is 15.9. The Bertz CT molecular complexity index is 2570. The van der Waals surface area contributed by atoms with Gasteiger partial charge in [-0.15, -0.1) is 0 Å². The molecule has 0 unspecified atom stereocenters. The molecular weight excluding hydrogens is 572 g/mol. The molecule has 3 heteroatoms. The normalized spacial score (nSPS) is 11.8. The van der Waals surface area contributed by atoms with Crippen LogP contribution in [0, 0.1) is 0 Å². The average Bonchev–Trinajstić information content (AvgIpc) is 3.72. The van der Waals surface area contributed by atoms with Crippen LogP contribution in [0.25, 0.3) is 99.9 Å². The highest BCUT2D eigenvalue weighted by molar-refractivity contribution is 6.28. The van der Waals surface area contributed by atoms with Crippen LogP contribution in [0.4, 0.5) is 0 Å². The summed E-state index contributed by atoms with van der Waals surface area (Å²) in [4.78, 5) is 9.42. The first-order valence-corrected chi connectivity index (χ1v) is 15.9. The van der Waals surface area contributed by atoms with Crippen LogP contribution < -0.4 is 0 Å². The summed E-state index contributed by atoms with van der Waals surface area (Å²) < 4.78 is 6.24. The lowest BCUT2D eigenvalue weighted by atomic mass is 9.82. The van der Waals surface area contributed by atoms with Gasteiger partial charge in [0.2, 0.25) is 5.89 Å². The molecule has 0 spiro atoms. The average molecular weight is 599 g/mol. The summed E-state index contributed by atoms with van der Waals surface area (Å²) in [5.74, 6) is 0.579. The molecule has 1 aliphatic rings. The van der Waals surface area contributed by atoms with E-state index in [1.54, 1.807) is 0 Å². The molecule has 2 heterocycles. The summed E-state index contributed by atoms with van der Waals surface area (Å²) in [7, 11) is 0. The van der Waals surface area contributed by atoms with Gasteiger partial charge in [0.25, 0.3) is 0 Å². The summed E-state index contributed by atoms with van der Waals surface area (Å²) >= 11 is 0. The van der Waals surface area contributed by atoms with Crippen LogP contribution in [0.15, 0.2) is 162 Å². The van der Waals surface area contributed by atoms with Gasteiger partial charge in [0.15, 0.2) is 11.2 Å². The Hall–Kier alpha value is -6.32. The second kappa shape index (κ2) is 10.1. The smallest absolute Gasteiger partial charge is 0.228 e. The van der Waals surface area contributed by atoms with Gasteiger partial charge in [-0.05, 0) is 89.8 Å². The minimum Gasteiger partial charge on any atom is -0.434 e. The zero-order valence-electron chi connectivity index (χ0n) is 25.3. The van der Waals surface area contributed by atoms with E-state index in [0.29, 0.717) is 17.1 Å². The lowest BCUT2D eigenvalue weighted by molar-refractivity contribution is 0.620. The molecule has 0 atom stereocenters. The van der Waals surface area contributed by atoms with Crippen LogP contribution in [0.5, 0.6) is 0 Å². The Morgan fingerprint density at radius 3 is 1.57 bits per heavy atom. The fraction of sp³-hybridized carbons (Fsp3) is 0. The molecule has 2 aromatic heterocycles. The van der Waals surface area contributed by atoms with E-state index in [4.69, 9.17) is 9.40 Å². The van der Waals surface area contributed by atoms with Gasteiger partial charge in [-0.25, -0.2) is 4.98 Å². The molecule has 0 amide bonds. The molecule has 10 rings (SSSR count). The zero-order chi connectivity index (χ0) is 30.9. The van der Waals surface area contributed by atoms with Crippen LogP contribution in [-0.4, -0.2) is 9.97 Å². The Kier molecular flexibility index (Phi) is 5.57. The largest absolute Gasteiger partial charge is 0.434 e. The van der Waals surface area contributed by atoms with E-state index in [2.05, 4.69) is 126 Å². The molecule has 218 valence electrons.